The quantitative estimate of drug-likeness (QED) is 0.811. The Morgan fingerprint density at radius 2 is 2.15 bits per heavy atom. The van der Waals surface area contributed by atoms with Gasteiger partial charge in [-0.25, -0.2) is 0 Å². The summed E-state index contributed by atoms with van der Waals surface area (Å²) >= 11 is 4.06. The third-order valence-electron chi connectivity index (χ3n) is 3.69. The van der Waals surface area contributed by atoms with Gasteiger partial charge in [-0.05, 0) is 12.5 Å². The highest BCUT2D eigenvalue weighted by Crippen LogP contribution is 2.28. The minimum atomic E-state index is -0.242. The molecule has 1 aromatic rings. The number of likely N-dealkylation sites (tertiary alicyclic amines) is 1. The van der Waals surface area contributed by atoms with Crippen LogP contribution in [0.4, 0.5) is 0 Å². The SMILES string of the molecule is CC(c1ccccc1)N1CC(C(=O)NCCS)CC1=O. The maximum Gasteiger partial charge on any atom is 0.225 e. The first kappa shape index (κ1) is 14.9. The van der Waals surface area contributed by atoms with Gasteiger partial charge in [0.1, 0.15) is 0 Å². The van der Waals surface area contributed by atoms with E-state index in [0.29, 0.717) is 25.3 Å². The van der Waals surface area contributed by atoms with Crippen molar-refractivity contribution in [2.45, 2.75) is 19.4 Å². The number of carbonyl (C=O) groups excluding carboxylic acids is 2. The van der Waals surface area contributed by atoms with Crippen molar-refractivity contribution in [3.63, 3.8) is 0 Å². The molecule has 1 heterocycles. The fraction of sp³-hybridized carbons (Fsp3) is 0.467. The van der Waals surface area contributed by atoms with Gasteiger partial charge in [-0.2, -0.15) is 12.6 Å². The fourth-order valence-electron chi connectivity index (χ4n) is 2.52. The predicted molar refractivity (Wildman–Crippen MR) is 81.5 cm³/mol. The molecule has 2 unspecified atom stereocenters. The second-order valence-corrected chi connectivity index (χ2v) is 5.50. The number of nitrogens with one attached hydrogen (secondary N) is 1. The van der Waals surface area contributed by atoms with Gasteiger partial charge < -0.3 is 10.2 Å². The van der Waals surface area contributed by atoms with Gasteiger partial charge in [0.25, 0.3) is 0 Å². The molecule has 1 aliphatic rings. The average Bonchev–Trinajstić information content (AvgIpc) is 2.87. The summed E-state index contributed by atoms with van der Waals surface area (Å²) < 4.78 is 0. The van der Waals surface area contributed by atoms with E-state index >= 15 is 0 Å². The highest BCUT2D eigenvalue weighted by atomic mass is 32.1. The number of benzene rings is 1. The largest absolute Gasteiger partial charge is 0.355 e. The van der Waals surface area contributed by atoms with Gasteiger partial charge in [-0.3, -0.25) is 9.59 Å². The molecule has 2 rings (SSSR count). The molecule has 0 radical (unpaired) electrons. The van der Waals surface area contributed by atoms with Crippen molar-refractivity contribution in [3.8, 4) is 0 Å². The van der Waals surface area contributed by atoms with Gasteiger partial charge in [0, 0.05) is 25.3 Å². The summed E-state index contributed by atoms with van der Waals surface area (Å²) in [4.78, 5) is 25.8. The van der Waals surface area contributed by atoms with E-state index in [2.05, 4.69) is 17.9 Å². The lowest BCUT2D eigenvalue weighted by molar-refractivity contribution is -0.130. The van der Waals surface area contributed by atoms with E-state index < -0.39 is 0 Å². The van der Waals surface area contributed by atoms with Gasteiger partial charge in [0.2, 0.25) is 11.8 Å². The highest BCUT2D eigenvalue weighted by Gasteiger charge is 2.36. The van der Waals surface area contributed by atoms with Gasteiger partial charge >= 0.3 is 0 Å². The lowest BCUT2D eigenvalue weighted by Gasteiger charge is -2.25. The van der Waals surface area contributed by atoms with Crippen LogP contribution in [0.15, 0.2) is 30.3 Å². The van der Waals surface area contributed by atoms with Crippen molar-refractivity contribution >= 4 is 24.4 Å². The first-order valence-electron chi connectivity index (χ1n) is 6.86. The van der Waals surface area contributed by atoms with Gasteiger partial charge in [0.15, 0.2) is 0 Å². The van der Waals surface area contributed by atoms with Crippen LogP contribution < -0.4 is 5.32 Å². The molecule has 1 N–H and O–H groups in total. The highest BCUT2D eigenvalue weighted by molar-refractivity contribution is 7.80. The van der Waals surface area contributed by atoms with E-state index in [1.54, 1.807) is 4.90 Å². The predicted octanol–water partition coefficient (Wildman–Crippen LogP) is 1.64. The zero-order chi connectivity index (χ0) is 14.5. The number of hydrogen-bond acceptors (Lipinski definition) is 3. The second kappa shape index (κ2) is 6.79. The molecule has 0 bridgehead atoms. The molecule has 5 heteroatoms. The summed E-state index contributed by atoms with van der Waals surface area (Å²) in [7, 11) is 0. The maximum atomic E-state index is 12.1. The monoisotopic (exact) mass is 292 g/mol. The van der Waals surface area contributed by atoms with Crippen molar-refractivity contribution in [2.75, 3.05) is 18.8 Å². The fourth-order valence-corrected chi connectivity index (χ4v) is 2.63. The molecule has 0 spiro atoms. The van der Waals surface area contributed by atoms with E-state index in [-0.39, 0.29) is 23.8 Å². The van der Waals surface area contributed by atoms with Crippen LogP contribution in [0.2, 0.25) is 0 Å². The zero-order valence-electron chi connectivity index (χ0n) is 11.6. The molecule has 1 fully saturated rings. The number of rotatable bonds is 5. The number of carbonyl (C=O) groups is 2. The molecular formula is C15H20N2O2S. The van der Waals surface area contributed by atoms with E-state index in [4.69, 9.17) is 0 Å². The Morgan fingerprint density at radius 3 is 2.80 bits per heavy atom. The number of nitrogens with zero attached hydrogens (tertiary/aromatic N) is 1. The first-order chi connectivity index (χ1) is 9.63. The van der Waals surface area contributed by atoms with Gasteiger partial charge in [-0.15, -0.1) is 0 Å². The summed E-state index contributed by atoms with van der Waals surface area (Å²) in [6.45, 7) is 3.04. The van der Waals surface area contributed by atoms with Crippen molar-refractivity contribution < 1.29 is 9.59 Å². The third kappa shape index (κ3) is 3.33. The second-order valence-electron chi connectivity index (χ2n) is 5.05. The molecule has 2 amide bonds. The summed E-state index contributed by atoms with van der Waals surface area (Å²) in [6, 6.07) is 9.90. The summed E-state index contributed by atoms with van der Waals surface area (Å²) in [5.41, 5.74) is 1.09. The Hall–Kier alpha value is -1.49. The van der Waals surface area contributed by atoms with Gasteiger partial charge in [-0.1, -0.05) is 30.3 Å². The van der Waals surface area contributed by atoms with Crippen LogP contribution in [-0.4, -0.2) is 35.6 Å². The minimum Gasteiger partial charge on any atom is -0.355 e. The Kier molecular flexibility index (Phi) is 5.06. The van der Waals surface area contributed by atoms with Crippen LogP contribution in [0.3, 0.4) is 0 Å². The van der Waals surface area contributed by atoms with Crippen LogP contribution in [0.1, 0.15) is 24.9 Å². The van der Waals surface area contributed by atoms with Crippen molar-refractivity contribution in [1.82, 2.24) is 10.2 Å². The minimum absolute atomic E-state index is 0.00591. The maximum absolute atomic E-state index is 12.1. The molecular weight excluding hydrogens is 272 g/mol. The topological polar surface area (TPSA) is 49.4 Å². The molecule has 2 atom stereocenters. The molecule has 0 aromatic heterocycles. The lowest BCUT2D eigenvalue weighted by atomic mass is 10.1. The molecule has 1 saturated heterocycles. The molecule has 4 nitrogen and oxygen atoms in total. The molecule has 1 aromatic carbocycles. The Balaban J connectivity index is 2.00. The molecule has 108 valence electrons. The molecule has 20 heavy (non-hydrogen) atoms. The van der Waals surface area contributed by atoms with Crippen molar-refractivity contribution in [2.24, 2.45) is 5.92 Å². The van der Waals surface area contributed by atoms with Gasteiger partial charge in [0.05, 0.1) is 12.0 Å². The summed E-state index contributed by atoms with van der Waals surface area (Å²) in [5.74, 6) is 0.368. The van der Waals surface area contributed by atoms with Crippen LogP contribution in [0, 0.1) is 5.92 Å². The summed E-state index contributed by atoms with van der Waals surface area (Å²) in [6.07, 6.45) is 0.301. The Bertz CT molecular complexity index is 478. The molecule has 0 aliphatic carbocycles. The number of hydrogen-bond donors (Lipinski definition) is 2. The number of amides is 2. The third-order valence-corrected chi connectivity index (χ3v) is 3.91. The van der Waals surface area contributed by atoms with E-state index in [9.17, 15) is 9.59 Å². The smallest absolute Gasteiger partial charge is 0.225 e. The average molecular weight is 292 g/mol. The van der Waals surface area contributed by atoms with E-state index in [1.807, 2.05) is 37.3 Å². The Morgan fingerprint density at radius 1 is 1.45 bits per heavy atom. The lowest BCUT2D eigenvalue weighted by Crippen LogP contribution is -2.34. The summed E-state index contributed by atoms with van der Waals surface area (Å²) in [5, 5.41) is 2.80. The van der Waals surface area contributed by atoms with Crippen LogP contribution in [-0.2, 0) is 9.59 Å². The molecule has 1 aliphatic heterocycles. The number of thiol groups is 1. The van der Waals surface area contributed by atoms with E-state index in [1.165, 1.54) is 0 Å². The zero-order valence-corrected chi connectivity index (χ0v) is 12.5. The van der Waals surface area contributed by atoms with Crippen molar-refractivity contribution in [1.29, 1.82) is 0 Å². The van der Waals surface area contributed by atoms with Crippen LogP contribution in [0.25, 0.3) is 0 Å². The van der Waals surface area contributed by atoms with Crippen molar-refractivity contribution in [3.05, 3.63) is 35.9 Å². The Labute approximate surface area is 124 Å². The molecule has 0 saturated carbocycles. The van der Waals surface area contributed by atoms with Crippen LogP contribution in [0.5, 0.6) is 0 Å². The normalized spacial score (nSPS) is 20.0. The first-order valence-corrected chi connectivity index (χ1v) is 7.49. The van der Waals surface area contributed by atoms with Crippen LogP contribution >= 0.6 is 12.6 Å². The van der Waals surface area contributed by atoms with E-state index in [0.717, 1.165) is 5.56 Å². The standard InChI is InChI=1S/C15H20N2O2S/c1-11(12-5-3-2-4-6-12)17-10-13(9-14(17)18)15(19)16-7-8-20/h2-6,11,13,20H,7-10H2,1H3,(H,16,19).